The lowest BCUT2D eigenvalue weighted by Crippen LogP contribution is -2.29. The lowest BCUT2D eigenvalue weighted by Gasteiger charge is -2.17. The van der Waals surface area contributed by atoms with Crippen LogP contribution in [-0.2, 0) is 9.84 Å². The van der Waals surface area contributed by atoms with Gasteiger partial charge >= 0.3 is 0 Å². The first-order valence-electron chi connectivity index (χ1n) is 6.35. The van der Waals surface area contributed by atoms with Crippen LogP contribution in [0.3, 0.4) is 0 Å². The number of rotatable bonds is 6. The number of nitrogens with one attached hydrogen (secondary N) is 1. The molecule has 0 heterocycles. The van der Waals surface area contributed by atoms with E-state index in [2.05, 4.69) is 31.3 Å². The molecule has 0 spiro atoms. The SMILES string of the molecule is Cc1ccccc1C(C)NCCS(=O)(=O)C(C)C. The van der Waals surface area contributed by atoms with Crippen molar-refractivity contribution >= 4 is 9.84 Å². The van der Waals surface area contributed by atoms with Crippen molar-refractivity contribution in [1.29, 1.82) is 0 Å². The average molecular weight is 269 g/mol. The van der Waals surface area contributed by atoms with Crippen molar-refractivity contribution in [2.24, 2.45) is 0 Å². The number of hydrogen-bond acceptors (Lipinski definition) is 3. The summed E-state index contributed by atoms with van der Waals surface area (Å²) in [6.07, 6.45) is 0. The molecule has 0 saturated heterocycles. The van der Waals surface area contributed by atoms with Crippen molar-refractivity contribution in [2.45, 2.75) is 39.0 Å². The molecular weight excluding hydrogens is 246 g/mol. The summed E-state index contributed by atoms with van der Waals surface area (Å²) in [6, 6.07) is 8.33. The van der Waals surface area contributed by atoms with Crippen molar-refractivity contribution in [2.75, 3.05) is 12.3 Å². The first kappa shape index (κ1) is 15.2. The van der Waals surface area contributed by atoms with Crippen LogP contribution in [0.4, 0.5) is 0 Å². The predicted octanol–water partition coefficient (Wildman–Crippen LogP) is 2.47. The van der Waals surface area contributed by atoms with Crippen LogP contribution in [0, 0.1) is 6.92 Å². The highest BCUT2D eigenvalue weighted by Gasteiger charge is 2.16. The molecule has 0 amide bonds. The largest absolute Gasteiger partial charge is 0.309 e. The van der Waals surface area contributed by atoms with Crippen molar-refractivity contribution in [1.82, 2.24) is 5.32 Å². The van der Waals surface area contributed by atoms with E-state index < -0.39 is 9.84 Å². The van der Waals surface area contributed by atoms with E-state index in [-0.39, 0.29) is 17.0 Å². The van der Waals surface area contributed by atoms with Gasteiger partial charge in [-0.15, -0.1) is 0 Å². The van der Waals surface area contributed by atoms with Gasteiger partial charge in [-0.25, -0.2) is 8.42 Å². The molecule has 0 bridgehead atoms. The second-order valence-electron chi connectivity index (χ2n) is 4.95. The van der Waals surface area contributed by atoms with Crippen LogP contribution in [0.25, 0.3) is 0 Å². The molecule has 1 unspecified atom stereocenters. The Bertz CT molecular complexity index is 480. The topological polar surface area (TPSA) is 46.2 Å². The molecule has 1 aromatic carbocycles. The first-order chi connectivity index (χ1) is 8.34. The van der Waals surface area contributed by atoms with Gasteiger partial charge in [0.1, 0.15) is 0 Å². The molecule has 0 aromatic heterocycles. The predicted molar refractivity (Wildman–Crippen MR) is 76.5 cm³/mol. The van der Waals surface area contributed by atoms with Crippen LogP contribution in [-0.4, -0.2) is 26.0 Å². The molecule has 0 aliphatic heterocycles. The first-order valence-corrected chi connectivity index (χ1v) is 8.06. The third-order valence-electron chi connectivity index (χ3n) is 3.21. The fourth-order valence-corrected chi connectivity index (χ4v) is 2.71. The minimum atomic E-state index is -2.95. The molecule has 4 heteroatoms. The van der Waals surface area contributed by atoms with E-state index in [4.69, 9.17) is 0 Å². The molecular formula is C14H23NO2S. The lowest BCUT2D eigenvalue weighted by molar-refractivity contribution is 0.565. The summed E-state index contributed by atoms with van der Waals surface area (Å²) in [5, 5.41) is 2.97. The van der Waals surface area contributed by atoms with Crippen LogP contribution in [0.5, 0.6) is 0 Å². The summed E-state index contributed by atoms with van der Waals surface area (Å²) in [5.74, 6) is 0.195. The Morgan fingerprint density at radius 3 is 2.33 bits per heavy atom. The Balaban J connectivity index is 2.53. The Kier molecular flexibility index (Phi) is 5.35. The highest BCUT2D eigenvalue weighted by Crippen LogP contribution is 2.16. The highest BCUT2D eigenvalue weighted by atomic mass is 32.2. The maximum atomic E-state index is 11.7. The van der Waals surface area contributed by atoms with Crippen molar-refractivity contribution in [3.8, 4) is 0 Å². The Morgan fingerprint density at radius 1 is 1.17 bits per heavy atom. The third kappa shape index (κ3) is 4.10. The molecule has 0 aliphatic rings. The van der Waals surface area contributed by atoms with E-state index in [1.54, 1.807) is 13.8 Å². The zero-order valence-corrected chi connectivity index (χ0v) is 12.4. The van der Waals surface area contributed by atoms with Crippen LogP contribution >= 0.6 is 0 Å². The molecule has 0 saturated carbocycles. The summed E-state index contributed by atoms with van der Waals surface area (Å²) in [4.78, 5) is 0. The quantitative estimate of drug-likeness (QED) is 0.863. The van der Waals surface area contributed by atoms with Gasteiger partial charge in [-0.05, 0) is 38.8 Å². The van der Waals surface area contributed by atoms with E-state index in [1.165, 1.54) is 11.1 Å². The normalized spacial score (nSPS) is 13.8. The number of aryl methyl sites for hydroxylation is 1. The Hall–Kier alpha value is -0.870. The summed E-state index contributed by atoms with van der Waals surface area (Å²) < 4.78 is 23.4. The summed E-state index contributed by atoms with van der Waals surface area (Å²) in [7, 11) is -2.95. The summed E-state index contributed by atoms with van der Waals surface area (Å²) >= 11 is 0. The Morgan fingerprint density at radius 2 is 1.78 bits per heavy atom. The van der Waals surface area contributed by atoms with Gasteiger partial charge in [-0.3, -0.25) is 0 Å². The van der Waals surface area contributed by atoms with Gasteiger partial charge in [0, 0.05) is 12.6 Å². The number of hydrogen-bond donors (Lipinski definition) is 1. The minimum Gasteiger partial charge on any atom is -0.309 e. The standard InChI is InChI=1S/C14H23NO2S/c1-11(2)18(16,17)10-9-15-13(4)14-8-6-5-7-12(14)3/h5-8,11,13,15H,9-10H2,1-4H3. The van der Waals surface area contributed by atoms with Gasteiger partial charge in [0.05, 0.1) is 11.0 Å². The molecule has 1 rings (SSSR count). The van der Waals surface area contributed by atoms with Gasteiger partial charge in [0.2, 0.25) is 0 Å². The van der Waals surface area contributed by atoms with E-state index in [1.807, 2.05) is 12.1 Å². The zero-order valence-electron chi connectivity index (χ0n) is 11.6. The second-order valence-corrected chi connectivity index (χ2v) is 7.62. The van der Waals surface area contributed by atoms with Crippen LogP contribution in [0.2, 0.25) is 0 Å². The lowest BCUT2D eigenvalue weighted by atomic mass is 10.0. The molecule has 1 aromatic rings. The molecule has 1 N–H and O–H groups in total. The van der Waals surface area contributed by atoms with Crippen LogP contribution in [0.15, 0.2) is 24.3 Å². The summed E-state index contributed by atoms with van der Waals surface area (Å²) in [6.45, 7) is 8.07. The third-order valence-corrected chi connectivity index (χ3v) is 5.42. The van der Waals surface area contributed by atoms with Crippen LogP contribution < -0.4 is 5.32 Å². The number of sulfone groups is 1. The highest BCUT2D eigenvalue weighted by molar-refractivity contribution is 7.92. The Labute approximate surface area is 111 Å². The fraction of sp³-hybridized carbons (Fsp3) is 0.571. The van der Waals surface area contributed by atoms with Gasteiger partial charge in [-0.2, -0.15) is 0 Å². The van der Waals surface area contributed by atoms with E-state index >= 15 is 0 Å². The van der Waals surface area contributed by atoms with Crippen molar-refractivity contribution < 1.29 is 8.42 Å². The fourth-order valence-electron chi connectivity index (χ4n) is 1.84. The van der Waals surface area contributed by atoms with Crippen molar-refractivity contribution in [3.05, 3.63) is 35.4 Å². The molecule has 0 radical (unpaired) electrons. The molecule has 3 nitrogen and oxygen atoms in total. The van der Waals surface area contributed by atoms with Gasteiger partial charge < -0.3 is 5.32 Å². The molecule has 102 valence electrons. The van der Waals surface area contributed by atoms with Crippen molar-refractivity contribution in [3.63, 3.8) is 0 Å². The minimum absolute atomic E-state index is 0.175. The van der Waals surface area contributed by atoms with Gasteiger partial charge in [0.15, 0.2) is 9.84 Å². The summed E-state index contributed by atoms with van der Waals surface area (Å²) in [5.41, 5.74) is 2.45. The van der Waals surface area contributed by atoms with Gasteiger partial charge in [-0.1, -0.05) is 24.3 Å². The van der Waals surface area contributed by atoms with E-state index in [0.717, 1.165) is 0 Å². The average Bonchev–Trinajstić information content (AvgIpc) is 2.29. The van der Waals surface area contributed by atoms with Crippen LogP contribution in [0.1, 0.15) is 37.9 Å². The second kappa shape index (κ2) is 6.34. The zero-order chi connectivity index (χ0) is 13.8. The van der Waals surface area contributed by atoms with E-state index in [0.29, 0.717) is 6.54 Å². The maximum absolute atomic E-state index is 11.7. The molecule has 18 heavy (non-hydrogen) atoms. The van der Waals surface area contributed by atoms with E-state index in [9.17, 15) is 8.42 Å². The number of benzene rings is 1. The molecule has 0 fully saturated rings. The smallest absolute Gasteiger partial charge is 0.153 e. The monoisotopic (exact) mass is 269 g/mol. The van der Waals surface area contributed by atoms with Gasteiger partial charge in [0.25, 0.3) is 0 Å². The maximum Gasteiger partial charge on any atom is 0.153 e. The molecule has 0 aliphatic carbocycles. The molecule has 1 atom stereocenters.